The van der Waals surface area contributed by atoms with Gasteiger partial charge in [0, 0.05) is 57.4 Å². The first-order valence-corrected chi connectivity index (χ1v) is 12.2. The third-order valence-electron chi connectivity index (χ3n) is 6.45. The van der Waals surface area contributed by atoms with Crippen LogP contribution in [0, 0.1) is 11.8 Å². The molecule has 3 rings (SSSR count). The minimum Gasteiger partial charge on any atom is -0.491 e. The summed E-state index contributed by atoms with van der Waals surface area (Å²) in [6.45, 7) is 7.71. The van der Waals surface area contributed by atoms with Gasteiger partial charge in [0.2, 0.25) is 5.91 Å². The van der Waals surface area contributed by atoms with Crippen molar-refractivity contribution in [2.24, 2.45) is 11.8 Å². The summed E-state index contributed by atoms with van der Waals surface area (Å²) in [6.07, 6.45) is 2.47. The summed E-state index contributed by atoms with van der Waals surface area (Å²) in [4.78, 5) is 42.0. The van der Waals surface area contributed by atoms with Gasteiger partial charge in [0.25, 0.3) is 5.91 Å². The van der Waals surface area contributed by atoms with Crippen LogP contribution in [0.3, 0.4) is 0 Å². The summed E-state index contributed by atoms with van der Waals surface area (Å²) in [7, 11) is 3.37. The average Bonchev–Trinajstić information content (AvgIpc) is 3.67. The SMILES string of the molecule is CCCNC(=O)Nc1ccc2c(c1)OC[C@@H](C)N(C(=O)C1CC1)C[C@H](C)[C@@H](OC)CN(C)C2=O. The number of ether oxygens (including phenoxy) is 2. The molecule has 0 bridgehead atoms. The van der Waals surface area contributed by atoms with E-state index in [-0.39, 0.29) is 48.4 Å². The van der Waals surface area contributed by atoms with E-state index in [9.17, 15) is 14.4 Å². The topological polar surface area (TPSA) is 100 Å². The molecule has 2 aliphatic rings. The van der Waals surface area contributed by atoms with Crippen LogP contribution in [0.15, 0.2) is 18.2 Å². The zero-order valence-corrected chi connectivity index (χ0v) is 20.9. The Balaban J connectivity index is 1.90. The number of fused-ring (bicyclic) bond motifs is 1. The predicted octanol–water partition coefficient (Wildman–Crippen LogP) is 2.96. The third-order valence-corrected chi connectivity index (χ3v) is 6.45. The number of anilines is 1. The minimum absolute atomic E-state index is 0.0394. The van der Waals surface area contributed by atoms with Crippen LogP contribution in [0.25, 0.3) is 0 Å². The Morgan fingerprint density at radius 1 is 1.21 bits per heavy atom. The number of rotatable bonds is 5. The maximum atomic E-state index is 13.3. The highest BCUT2D eigenvalue weighted by Crippen LogP contribution is 2.33. The van der Waals surface area contributed by atoms with E-state index in [1.807, 2.05) is 18.7 Å². The molecular weight excluding hydrogens is 436 g/mol. The molecule has 2 N–H and O–H groups in total. The summed E-state index contributed by atoms with van der Waals surface area (Å²) in [6, 6.07) is 4.52. The Morgan fingerprint density at radius 2 is 1.94 bits per heavy atom. The second kappa shape index (κ2) is 11.6. The molecule has 1 aromatic carbocycles. The normalized spacial score (nSPS) is 23.8. The van der Waals surface area contributed by atoms with Crippen molar-refractivity contribution >= 4 is 23.5 Å². The van der Waals surface area contributed by atoms with E-state index >= 15 is 0 Å². The predicted molar refractivity (Wildman–Crippen MR) is 130 cm³/mol. The van der Waals surface area contributed by atoms with Crippen LogP contribution in [-0.4, -0.2) is 80.2 Å². The Kier molecular flexibility index (Phi) is 8.77. The van der Waals surface area contributed by atoms with Gasteiger partial charge in [-0.2, -0.15) is 0 Å². The van der Waals surface area contributed by atoms with Gasteiger partial charge in [-0.1, -0.05) is 13.8 Å². The van der Waals surface area contributed by atoms with Gasteiger partial charge in [0.1, 0.15) is 12.4 Å². The van der Waals surface area contributed by atoms with Crippen molar-refractivity contribution in [1.29, 1.82) is 0 Å². The highest BCUT2D eigenvalue weighted by molar-refractivity contribution is 5.98. The molecule has 9 heteroatoms. The van der Waals surface area contributed by atoms with E-state index in [2.05, 4.69) is 17.6 Å². The van der Waals surface area contributed by atoms with Crippen LogP contribution in [0.5, 0.6) is 5.75 Å². The quantitative estimate of drug-likeness (QED) is 0.684. The van der Waals surface area contributed by atoms with E-state index in [1.54, 1.807) is 37.3 Å². The standard InChI is InChI=1S/C25H38N4O5/c1-6-11-26-25(32)27-19-9-10-20-21(12-19)34-15-17(3)29(23(30)18-7-8-18)13-16(2)22(33-5)14-28(4)24(20)31/h9-10,12,16-18,22H,6-8,11,13-15H2,1-5H3,(H2,26,27,32)/t16-,17+,22-/m0/s1. The molecule has 0 radical (unpaired) electrons. The number of likely N-dealkylation sites (N-methyl/N-ethyl adjacent to an activating group) is 1. The van der Waals surface area contributed by atoms with Gasteiger partial charge in [-0.05, 0) is 38.3 Å². The Hall–Kier alpha value is -2.81. The number of carbonyl (C=O) groups excluding carboxylic acids is 3. The van der Waals surface area contributed by atoms with Crippen molar-refractivity contribution in [3.63, 3.8) is 0 Å². The van der Waals surface area contributed by atoms with Gasteiger partial charge >= 0.3 is 6.03 Å². The highest BCUT2D eigenvalue weighted by Gasteiger charge is 2.37. The number of methoxy groups -OCH3 is 1. The largest absolute Gasteiger partial charge is 0.491 e. The molecule has 188 valence electrons. The highest BCUT2D eigenvalue weighted by atomic mass is 16.5. The lowest BCUT2D eigenvalue weighted by molar-refractivity contribution is -0.136. The maximum absolute atomic E-state index is 13.3. The van der Waals surface area contributed by atoms with E-state index in [0.717, 1.165) is 19.3 Å². The number of nitrogens with zero attached hydrogens (tertiary/aromatic N) is 2. The second-order valence-electron chi connectivity index (χ2n) is 9.45. The van der Waals surface area contributed by atoms with Crippen LogP contribution in [0.2, 0.25) is 0 Å². The van der Waals surface area contributed by atoms with Gasteiger partial charge in [0.05, 0.1) is 17.7 Å². The summed E-state index contributed by atoms with van der Waals surface area (Å²) in [5, 5.41) is 5.55. The summed E-state index contributed by atoms with van der Waals surface area (Å²) in [5.74, 6) is 0.473. The minimum atomic E-state index is -0.315. The van der Waals surface area contributed by atoms with Crippen LogP contribution in [0.1, 0.15) is 50.4 Å². The zero-order valence-electron chi connectivity index (χ0n) is 20.9. The van der Waals surface area contributed by atoms with E-state index in [0.29, 0.717) is 36.6 Å². The van der Waals surface area contributed by atoms with E-state index in [4.69, 9.17) is 9.47 Å². The Morgan fingerprint density at radius 3 is 2.59 bits per heavy atom. The van der Waals surface area contributed by atoms with Gasteiger partial charge in [-0.25, -0.2) is 4.79 Å². The van der Waals surface area contributed by atoms with Crippen LogP contribution < -0.4 is 15.4 Å². The summed E-state index contributed by atoms with van der Waals surface area (Å²) in [5.41, 5.74) is 0.925. The zero-order chi connectivity index (χ0) is 24.8. The lowest BCUT2D eigenvalue weighted by Gasteiger charge is -2.36. The van der Waals surface area contributed by atoms with Crippen LogP contribution in [0.4, 0.5) is 10.5 Å². The van der Waals surface area contributed by atoms with E-state index in [1.165, 1.54) is 0 Å². The molecule has 0 saturated heterocycles. The van der Waals surface area contributed by atoms with Crippen molar-refractivity contribution in [3.05, 3.63) is 23.8 Å². The molecule has 1 fully saturated rings. The van der Waals surface area contributed by atoms with Gasteiger partial charge in [0.15, 0.2) is 0 Å². The second-order valence-corrected chi connectivity index (χ2v) is 9.45. The molecule has 3 atom stereocenters. The smallest absolute Gasteiger partial charge is 0.319 e. The van der Waals surface area contributed by atoms with E-state index < -0.39 is 0 Å². The molecular formula is C25H38N4O5. The monoisotopic (exact) mass is 474 g/mol. The maximum Gasteiger partial charge on any atom is 0.319 e. The third kappa shape index (κ3) is 6.40. The molecule has 34 heavy (non-hydrogen) atoms. The Labute approximate surface area is 202 Å². The number of carbonyl (C=O) groups is 3. The molecule has 1 aliphatic carbocycles. The van der Waals surface area contributed by atoms with Gasteiger partial charge in [-0.3, -0.25) is 9.59 Å². The molecule has 1 saturated carbocycles. The van der Waals surface area contributed by atoms with Crippen LogP contribution in [-0.2, 0) is 9.53 Å². The Bertz CT molecular complexity index is 888. The number of hydrogen-bond acceptors (Lipinski definition) is 5. The first kappa shape index (κ1) is 25.8. The number of hydrogen-bond donors (Lipinski definition) is 2. The molecule has 9 nitrogen and oxygen atoms in total. The molecule has 4 amide bonds. The van der Waals surface area contributed by atoms with Crippen LogP contribution >= 0.6 is 0 Å². The summed E-state index contributed by atoms with van der Waals surface area (Å²) < 4.78 is 11.9. The van der Waals surface area contributed by atoms with Crippen molar-refractivity contribution in [2.75, 3.05) is 45.7 Å². The summed E-state index contributed by atoms with van der Waals surface area (Å²) >= 11 is 0. The van der Waals surface area contributed by atoms with Crippen molar-refractivity contribution in [3.8, 4) is 5.75 Å². The number of benzene rings is 1. The lowest BCUT2D eigenvalue weighted by atomic mass is 10.0. The molecule has 0 spiro atoms. The molecule has 0 aromatic heterocycles. The van der Waals surface area contributed by atoms with Gasteiger partial charge in [-0.15, -0.1) is 0 Å². The fraction of sp³-hybridized carbons (Fsp3) is 0.640. The molecule has 0 unspecified atom stereocenters. The lowest BCUT2D eigenvalue weighted by Crippen LogP contribution is -2.49. The number of urea groups is 1. The molecule has 1 heterocycles. The number of nitrogens with one attached hydrogen (secondary N) is 2. The number of amides is 4. The van der Waals surface area contributed by atoms with Crippen molar-refractivity contribution in [2.45, 2.75) is 52.2 Å². The first-order valence-electron chi connectivity index (χ1n) is 12.2. The fourth-order valence-electron chi connectivity index (χ4n) is 4.14. The molecule has 1 aliphatic heterocycles. The molecule has 1 aromatic rings. The van der Waals surface area contributed by atoms with Crippen molar-refractivity contribution < 1.29 is 23.9 Å². The first-order chi connectivity index (χ1) is 16.2. The average molecular weight is 475 g/mol. The fourth-order valence-corrected chi connectivity index (χ4v) is 4.14. The van der Waals surface area contributed by atoms with Gasteiger partial charge < -0.3 is 29.9 Å². The van der Waals surface area contributed by atoms with Crippen molar-refractivity contribution in [1.82, 2.24) is 15.1 Å².